The first-order chi connectivity index (χ1) is 8.59. The highest BCUT2D eigenvalue weighted by molar-refractivity contribution is 4.75. The molecule has 1 heterocycles. The summed E-state index contributed by atoms with van der Waals surface area (Å²) in [5.41, 5.74) is 0. The molecule has 0 radical (unpaired) electrons. The van der Waals surface area contributed by atoms with Crippen molar-refractivity contribution in [2.24, 2.45) is 0 Å². The van der Waals surface area contributed by atoms with Gasteiger partial charge in [0.1, 0.15) is 0 Å². The van der Waals surface area contributed by atoms with E-state index < -0.39 is 0 Å². The largest absolute Gasteiger partial charge is 0.378 e. The summed E-state index contributed by atoms with van der Waals surface area (Å²) in [6, 6.07) is 1.36. The average molecular weight is 256 g/mol. The van der Waals surface area contributed by atoms with Crippen molar-refractivity contribution in [3.8, 4) is 0 Å². The van der Waals surface area contributed by atoms with Gasteiger partial charge in [0.15, 0.2) is 0 Å². The van der Waals surface area contributed by atoms with Gasteiger partial charge in [-0.05, 0) is 59.2 Å². The van der Waals surface area contributed by atoms with Gasteiger partial charge in [-0.15, -0.1) is 0 Å². The standard InChI is InChI=1S/C15H32N2O/c1-13(2)16-10-5-7-14(3)18-12-9-15-8-6-11-17(15)4/h13-16H,5-12H2,1-4H3. The second kappa shape index (κ2) is 8.89. The molecule has 1 saturated heterocycles. The van der Waals surface area contributed by atoms with Gasteiger partial charge >= 0.3 is 0 Å². The van der Waals surface area contributed by atoms with E-state index in [9.17, 15) is 0 Å². The van der Waals surface area contributed by atoms with E-state index in [2.05, 4.69) is 38.0 Å². The van der Waals surface area contributed by atoms with Gasteiger partial charge in [0, 0.05) is 18.7 Å². The molecular weight excluding hydrogens is 224 g/mol. The number of ether oxygens (including phenoxy) is 1. The lowest BCUT2D eigenvalue weighted by molar-refractivity contribution is 0.0474. The molecule has 1 N–H and O–H groups in total. The lowest BCUT2D eigenvalue weighted by atomic mass is 10.1. The maximum Gasteiger partial charge on any atom is 0.0547 e. The molecule has 0 amide bonds. The van der Waals surface area contributed by atoms with Gasteiger partial charge in [-0.3, -0.25) is 0 Å². The minimum Gasteiger partial charge on any atom is -0.378 e. The van der Waals surface area contributed by atoms with Crippen LogP contribution in [0.3, 0.4) is 0 Å². The monoisotopic (exact) mass is 256 g/mol. The van der Waals surface area contributed by atoms with Gasteiger partial charge in [0.2, 0.25) is 0 Å². The van der Waals surface area contributed by atoms with E-state index in [4.69, 9.17) is 4.74 Å². The van der Waals surface area contributed by atoms with E-state index in [0.717, 1.165) is 19.2 Å². The SMILES string of the molecule is CC(C)NCCCC(C)OCCC1CCCN1C. The molecule has 3 nitrogen and oxygen atoms in total. The molecule has 0 aromatic carbocycles. The molecule has 2 atom stereocenters. The van der Waals surface area contributed by atoms with Crippen molar-refractivity contribution >= 4 is 0 Å². The topological polar surface area (TPSA) is 24.5 Å². The zero-order valence-corrected chi connectivity index (χ0v) is 12.7. The minimum absolute atomic E-state index is 0.408. The van der Waals surface area contributed by atoms with E-state index in [1.165, 1.54) is 38.6 Å². The lowest BCUT2D eigenvalue weighted by Gasteiger charge is -2.20. The van der Waals surface area contributed by atoms with Gasteiger partial charge in [-0.25, -0.2) is 0 Å². The third-order valence-corrected chi connectivity index (χ3v) is 3.86. The summed E-state index contributed by atoms with van der Waals surface area (Å²) in [4.78, 5) is 2.47. The Balaban J connectivity index is 1.94. The minimum atomic E-state index is 0.408. The van der Waals surface area contributed by atoms with Crippen LogP contribution in [0.2, 0.25) is 0 Å². The Bertz CT molecular complexity index is 209. The average Bonchev–Trinajstić information content (AvgIpc) is 2.70. The van der Waals surface area contributed by atoms with Crippen LogP contribution < -0.4 is 5.32 Å². The first-order valence-corrected chi connectivity index (χ1v) is 7.65. The quantitative estimate of drug-likeness (QED) is 0.642. The first kappa shape index (κ1) is 15.9. The zero-order chi connectivity index (χ0) is 13.4. The Labute approximate surface area is 113 Å². The molecule has 0 aromatic heterocycles. The van der Waals surface area contributed by atoms with Gasteiger partial charge in [-0.2, -0.15) is 0 Å². The normalized spacial score (nSPS) is 22.8. The van der Waals surface area contributed by atoms with Crippen LogP contribution >= 0.6 is 0 Å². The van der Waals surface area contributed by atoms with Gasteiger partial charge in [-0.1, -0.05) is 13.8 Å². The lowest BCUT2D eigenvalue weighted by Crippen LogP contribution is -2.27. The third kappa shape index (κ3) is 6.72. The fourth-order valence-corrected chi connectivity index (χ4v) is 2.61. The summed E-state index contributed by atoms with van der Waals surface area (Å²) in [7, 11) is 2.23. The summed E-state index contributed by atoms with van der Waals surface area (Å²) in [6.45, 7) is 9.88. The molecule has 1 fully saturated rings. The molecule has 0 aromatic rings. The second-order valence-electron chi connectivity index (χ2n) is 6.00. The van der Waals surface area contributed by atoms with E-state index >= 15 is 0 Å². The van der Waals surface area contributed by atoms with E-state index in [-0.39, 0.29) is 0 Å². The Morgan fingerprint density at radius 2 is 2.11 bits per heavy atom. The number of hydrogen-bond donors (Lipinski definition) is 1. The van der Waals surface area contributed by atoms with E-state index in [0.29, 0.717) is 12.1 Å². The van der Waals surface area contributed by atoms with Crippen molar-refractivity contribution in [1.82, 2.24) is 10.2 Å². The van der Waals surface area contributed by atoms with Crippen molar-refractivity contribution in [3.63, 3.8) is 0 Å². The summed E-state index contributed by atoms with van der Waals surface area (Å²) in [6.07, 6.45) is 6.70. The number of hydrogen-bond acceptors (Lipinski definition) is 3. The molecule has 1 aliphatic heterocycles. The smallest absolute Gasteiger partial charge is 0.0547 e. The zero-order valence-electron chi connectivity index (χ0n) is 12.7. The van der Waals surface area contributed by atoms with Crippen LogP contribution in [0.5, 0.6) is 0 Å². The molecule has 3 heteroatoms. The number of nitrogens with zero attached hydrogens (tertiary/aromatic N) is 1. The maximum absolute atomic E-state index is 5.90. The Morgan fingerprint density at radius 1 is 1.33 bits per heavy atom. The predicted molar refractivity (Wildman–Crippen MR) is 78.1 cm³/mol. The molecule has 0 bridgehead atoms. The number of rotatable bonds is 9. The molecule has 1 aliphatic rings. The molecule has 18 heavy (non-hydrogen) atoms. The summed E-state index contributed by atoms with van der Waals surface area (Å²) in [5, 5.41) is 3.45. The number of likely N-dealkylation sites (tertiary alicyclic amines) is 1. The summed E-state index contributed by atoms with van der Waals surface area (Å²) < 4.78 is 5.90. The van der Waals surface area contributed by atoms with Crippen LogP contribution in [-0.4, -0.2) is 49.8 Å². The van der Waals surface area contributed by atoms with Crippen LogP contribution in [-0.2, 0) is 4.74 Å². The molecule has 1 rings (SSSR count). The van der Waals surface area contributed by atoms with Crippen LogP contribution in [0.4, 0.5) is 0 Å². The van der Waals surface area contributed by atoms with Crippen molar-refractivity contribution in [2.45, 2.75) is 71.1 Å². The molecule has 0 spiro atoms. The van der Waals surface area contributed by atoms with Crippen molar-refractivity contribution in [1.29, 1.82) is 0 Å². The van der Waals surface area contributed by atoms with Crippen LogP contribution in [0.15, 0.2) is 0 Å². The van der Waals surface area contributed by atoms with E-state index in [1.54, 1.807) is 0 Å². The Hall–Kier alpha value is -0.120. The van der Waals surface area contributed by atoms with Crippen LogP contribution in [0.25, 0.3) is 0 Å². The van der Waals surface area contributed by atoms with Gasteiger partial charge < -0.3 is 15.0 Å². The van der Waals surface area contributed by atoms with Crippen molar-refractivity contribution < 1.29 is 4.74 Å². The molecule has 2 unspecified atom stereocenters. The van der Waals surface area contributed by atoms with Crippen molar-refractivity contribution in [3.05, 3.63) is 0 Å². The Morgan fingerprint density at radius 3 is 2.72 bits per heavy atom. The highest BCUT2D eigenvalue weighted by atomic mass is 16.5. The molecule has 0 saturated carbocycles. The summed E-state index contributed by atoms with van der Waals surface area (Å²) >= 11 is 0. The fraction of sp³-hybridized carbons (Fsp3) is 1.00. The maximum atomic E-state index is 5.90. The predicted octanol–water partition coefficient (Wildman–Crippen LogP) is 2.65. The Kier molecular flexibility index (Phi) is 7.87. The molecular formula is C15H32N2O. The second-order valence-corrected chi connectivity index (χ2v) is 6.00. The molecule has 0 aliphatic carbocycles. The fourth-order valence-electron chi connectivity index (χ4n) is 2.61. The van der Waals surface area contributed by atoms with Gasteiger partial charge in [0.05, 0.1) is 6.10 Å². The highest BCUT2D eigenvalue weighted by Crippen LogP contribution is 2.18. The van der Waals surface area contributed by atoms with E-state index in [1.807, 2.05) is 0 Å². The van der Waals surface area contributed by atoms with Gasteiger partial charge in [0.25, 0.3) is 0 Å². The summed E-state index contributed by atoms with van der Waals surface area (Å²) in [5.74, 6) is 0. The third-order valence-electron chi connectivity index (χ3n) is 3.86. The van der Waals surface area contributed by atoms with Crippen LogP contribution in [0, 0.1) is 0 Å². The first-order valence-electron chi connectivity index (χ1n) is 7.65. The highest BCUT2D eigenvalue weighted by Gasteiger charge is 2.20. The number of nitrogens with one attached hydrogen (secondary N) is 1. The molecule has 108 valence electrons. The van der Waals surface area contributed by atoms with Crippen LogP contribution in [0.1, 0.15) is 52.9 Å². The van der Waals surface area contributed by atoms with Crippen molar-refractivity contribution in [2.75, 3.05) is 26.7 Å².